The molecule has 1 saturated heterocycles. The van der Waals surface area contributed by atoms with Gasteiger partial charge in [0.05, 0.1) is 49.3 Å². The van der Waals surface area contributed by atoms with Crippen LogP contribution in [-0.2, 0) is 38.8 Å². The van der Waals surface area contributed by atoms with Gasteiger partial charge in [-0.3, -0.25) is 18.2 Å². The highest BCUT2D eigenvalue weighted by atomic mass is 79.9. The van der Waals surface area contributed by atoms with Gasteiger partial charge in [0.15, 0.2) is 0 Å². The van der Waals surface area contributed by atoms with Crippen LogP contribution in [0.5, 0.6) is 0 Å². The van der Waals surface area contributed by atoms with Gasteiger partial charge in [-0.1, -0.05) is 0 Å². The lowest BCUT2D eigenvalue weighted by Crippen LogP contribution is -2.41. The molecule has 1 aliphatic heterocycles. The fraction of sp³-hybridized carbons (Fsp3) is 0.412. The summed E-state index contributed by atoms with van der Waals surface area (Å²) in [4.78, 5) is 48.9. The minimum atomic E-state index is -3.67. The van der Waals surface area contributed by atoms with Crippen molar-refractivity contribution in [3.05, 3.63) is 51.4 Å². The Labute approximate surface area is 332 Å². The summed E-state index contributed by atoms with van der Waals surface area (Å²) in [7, 11) is -0.163. The third-order valence-corrected chi connectivity index (χ3v) is 12.4. The molecule has 22 heteroatoms. The number of rotatable bonds is 9. The van der Waals surface area contributed by atoms with E-state index in [4.69, 9.17) is 22.9 Å². The Kier molecular flexibility index (Phi) is 12.4. The van der Waals surface area contributed by atoms with Gasteiger partial charge in [-0.05, 0) is 55.8 Å². The number of carbonyl (C=O) groups excluding carboxylic acids is 4. The van der Waals surface area contributed by atoms with Gasteiger partial charge in [0.25, 0.3) is 11.8 Å². The molecule has 0 bridgehead atoms. The van der Waals surface area contributed by atoms with Crippen molar-refractivity contribution in [1.29, 1.82) is 0 Å². The number of benzene rings is 2. The van der Waals surface area contributed by atoms with Crippen molar-refractivity contribution in [1.82, 2.24) is 10.6 Å². The summed E-state index contributed by atoms with van der Waals surface area (Å²) < 4.78 is 83.5. The lowest BCUT2D eigenvalue weighted by Gasteiger charge is -2.32. The molecule has 0 aliphatic carbocycles. The third-order valence-electron chi connectivity index (χ3n) is 9.43. The van der Waals surface area contributed by atoms with E-state index in [1.807, 2.05) is 27.7 Å². The van der Waals surface area contributed by atoms with Crippen LogP contribution in [0, 0.1) is 0 Å². The predicted molar refractivity (Wildman–Crippen MR) is 212 cm³/mol. The van der Waals surface area contributed by atoms with E-state index >= 15 is 0 Å². The lowest BCUT2D eigenvalue weighted by atomic mass is 9.77. The fourth-order valence-electron chi connectivity index (χ4n) is 5.46. The van der Waals surface area contributed by atoms with Crippen LogP contribution in [-0.4, -0.2) is 114 Å². The van der Waals surface area contributed by atoms with Crippen LogP contribution in [0.25, 0.3) is 21.9 Å². The van der Waals surface area contributed by atoms with Gasteiger partial charge in [0.2, 0.25) is 31.6 Å². The first-order valence-corrected chi connectivity index (χ1v) is 21.0. The van der Waals surface area contributed by atoms with Crippen LogP contribution in [0.15, 0.2) is 37.6 Å². The van der Waals surface area contributed by atoms with Gasteiger partial charge < -0.3 is 38.3 Å². The zero-order valence-corrected chi connectivity index (χ0v) is 35.9. The SMILES string of the molecule is CNC(=O)c1c(C(=O)OC)oc2cc(N(C)S(C)(=O)=O)c(B3OC(C)(C)C(C)(C)O3)cc12.CNC(=O)c1c(C(=O)OC)oc2cc(N(C)S(C)(=O)=O)c(Br)cc12. The Morgan fingerprint density at radius 1 is 0.696 bits per heavy atom. The number of amides is 2. The lowest BCUT2D eigenvalue weighted by molar-refractivity contribution is 0.00578. The molecule has 0 saturated carbocycles. The highest BCUT2D eigenvalue weighted by Crippen LogP contribution is 2.39. The molecule has 304 valence electrons. The number of halogens is 1. The molecule has 0 atom stereocenters. The van der Waals surface area contributed by atoms with Gasteiger partial charge in [0, 0.05) is 61.0 Å². The molecule has 1 aliphatic rings. The molecule has 3 heterocycles. The number of furan rings is 2. The van der Waals surface area contributed by atoms with Gasteiger partial charge >= 0.3 is 19.1 Å². The van der Waals surface area contributed by atoms with Gasteiger partial charge in [-0.15, -0.1) is 0 Å². The molecule has 56 heavy (non-hydrogen) atoms. The van der Waals surface area contributed by atoms with Crippen LogP contribution in [0.4, 0.5) is 11.4 Å². The third kappa shape index (κ3) is 8.24. The van der Waals surface area contributed by atoms with Crippen LogP contribution < -0.4 is 24.7 Å². The Hall–Kier alpha value is -4.64. The molecule has 1 fully saturated rings. The van der Waals surface area contributed by atoms with Crippen LogP contribution in [0.3, 0.4) is 0 Å². The van der Waals surface area contributed by atoms with Crippen molar-refractivity contribution in [2.75, 3.05) is 63.5 Å². The largest absolute Gasteiger partial charge is 0.497 e. The molecule has 5 rings (SSSR count). The highest BCUT2D eigenvalue weighted by molar-refractivity contribution is 9.10. The van der Waals surface area contributed by atoms with Crippen LogP contribution in [0.1, 0.15) is 69.5 Å². The molecule has 2 N–H and O–H groups in total. The smallest absolute Gasteiger partial charge is 0.463 e. The predicted octanol–water partition coefficient (Wildman–Crippen LogP) is 3.01. The number of anilines is 2. The monoisotopic (exact) mass is 884 g/mol. The first-order chi connectivity index (χ1) is 25.8. The summed E-state index contributed by atoms with van der Waals surface area (Å²) >= 11 is 3.28. The average Bonchev–Trinajstić information content (AvgIpc) is 3.75. The number of fused-ring (bicyclic) bond motifs is 2. The number of sulfonamides is 2. The van der Waals surface area contributed by atoms with E-state index in [9.17, 15) is 36.0 Å². The minimum Gasteiger partial charge on any atom is -0.463 e. The van der Waals surface area contributed by atoms with Crippen molar-refractivity contribution in [3.8, 4) is 0 Å². The Bertz CT molecular complexity index is 2460. The van der Waals surface area contributed by atoms with Crippen molar-refractivity contribution in [2.24, 2.45) is 0 Å². The topological polar surface area (TPSA) is 230 Å². The number of methoxy groups -OCH3 is 2. The maximum atomic E-state index is 12.6. The Balaban J connectivity index is 0.000000259. The molecule has 0 spiro atoms. The molecular formula is C34H42BBrN4O14S2. The van der Waals surface area contributed by atoms with Crippen LogP contribution in [0.2, 0.25) is 0 Å². The number of nitrogens with one attached hydrogen (secondary N) is 2. The summed E-state index contributed by atoms with van der Waals surface area (Å²) in [6.07, 6.45) is 2.12. The highest BCUT2D eigenvalue weighted by Gasteiger charge is 2.53. The Morgan fingerprint density at radius 2 is 1.07 bits per heavy atom. The maximum absolute atomic E-state index is 12.6. The van der Waals surface area contributed by atoms with E-state index in [-0.39, 0.29) is 39.5 Å². The number of ether oxygens (including phenoxy) is 2. The van der Waals surface area contributed by atoms with Crippen molar-refractivity contribution >= 4 is 106 Å². The molecule has 0 unspecified atom stereocenters. The molecule has 2 amide bonds. The van der Waals surface area contributed by atoms with Gasteiger partial charge in [0.1, 0.15) is 22.3 Å². The van der Waals surface area contributed by atoms with E-state index in [0.29, 0.717) is 26.4 Å². The van der Waals surface area contributed by atoms with Gasteiger partial charge in [-0.2, -0.15) is 0 Å². The number of hydrogen-bond donors (Lipinski definition) is 2. The second-order valence-corrected chi connectivity index (χ2v) is 18.4. The second kappa shape index (κ2) is 15.7. The first kappa shape index (κ1) is 44.1. The van der Waals surface area contributed by atoms with E-state index < -0.39 is 62.1 Å². The summed E-state index contributed by atoms with van der Waals surface area (Å²) in [6, 6.07) is 5.94. The molecular weight excluding hydrogens is 843 g/mol. The molecule has 2 aromatic heterocycles. The first-order valence-electron chi connectivity index (χ1n) is 16.5. The maximum Gasteiger partial charge on any atom is 0.497 e. The quantitative estimate of drug-likeness (QED) is 0.182. The normalized spacial score (nSPS) is 14.8. The number of hydrogen-bond acceptors (Lipinski definition) is 14. The van der Waals surface area contributed by atoms with Crippen molar-refractivity contribution < 1.29 is 63.6 Å². The van der Waals surface area contributed by atoms with E-state index in [1.54, 1.807) is 6.07 Å². The number of carbonyl (C=O) groups is 4. The molecule has 2 aromatic carbocycles. The summed E-state index contributed by atoms with van der Waals surface area (Å²) in [5.74, 6) is -3.27. The van der Waals surface area contributed by atoms with Crippen molar-refractivity contribution in [2.45, 2.75) is 38.9 Å². The molecule has 4 aromatic rings. The summed E-state index contributed by atoms with van der Waals surface area (Å²) in [5, 5.41) is 5.56. The Morgan fingerprint density at radius 3 is 1.45 bits per heavy atom. The zero-order chi connectivity index (χ0) is 42.5. The average molecular weight is 886 g/mol. The number of nitrogens with zero attached hydrogens (tertiary/aromatic N) is 2. The number of esters is 2. The van der Waals surface area contributed by atoms with E-state index in [1.165, 1.54) is 60.6 Å². The van der Waals surface area contributed by atoms with E-state index in [0.717, 1.165) is 21.1 Å². The standard InChI is InChI=1S/C20H27BN2O8S.C14H15BrN2O6S/c1-19(2)20(3,4)31-21(30-19)12-9-11-14(10-13(12)23(6)32(8,26)27)29-16(18(25)28-7)15(11)17(24)22-5;1-16-13(18)11-7-5-8(15)9(17(2)24(4,20)21)6-10(7)23-12(11)14(19)22-3/h9-10H,1-8H3,(H,22,24);5-6H,1-4H3,(H,16,18). The van der Waals surface area contributed by atoms with Crippen LogP contribution >= 0.6 is 15.9 Å². The summed E-state index contributed by atoms with van der Waals surface area (Å²) in [6.45, 7) is 7.48. The molecule has 0 radical (unpaired) electrons. The minimum absolute atomic E-state index is 0.0219. The summed E-state index contributed by atoms with van der Waals surface area (Å²) in [5.41, 5.74) is -0.167. The van der Waals surface area contributed by atoms with E-state index in [2.05, 4.69) is 31.3 Å². The molecule has 18 nitrogen and oxygen atoms in total. The second-order valence-electron chi connectivity index (χ2n) is 13.5. The van der Waals surface area contributed by atoms with Crippen molar-refractivity contribution in [3.63, 3.8) is 0 Å². The van der Waals surface area contributed by atoms with Gasteiger partial charge in [-0.25, -0.2) is 26.4 Å². The zero-order valence-electron chi connectivity index (χ0n) is 32.7. The fourth-order valence-corrected chi connectivity index (χ4v) is 7.21.